The van der Waals surface area contributed by atoms with Crippen molar-refractivity contribution in [1.82, 2.24) is 10.3 Å². The van der Waals surface area contributed by atoms with E-state index in [0.29, 0.717) is 30.2 Å². The zero-order chi connectivity index (χ0) is 18.5. The first-order chi connectivity index (χ1) is 12.6. The van der Waals surface area contributed by atoms with Crippen LogP contribution < -0.4 is 10.1 Å². The number of methoxy groups -OCH3 is 1. The quantitative estimate of drug-likeness (QED) is 0.731. The van der Waals surface area contributed by atoms with E-state index in [-0.39, 0.29) is 5.91 Å². The standard InChI is InChI=1S/C21H22N2O3/c1-14-4-7-16(8-5-14)21-23-17(13-26-21)10-11-22-20(24)18-12-15(2)6-9-19(18)25-3/h4-9,12-13H,10-11H2,1-3H3,(H,22,24). The van der Waals surface area contributed by atoms with E-state index in [1.54, 1.807) is 19.4 Å². The summed E-state index contributed by atoms with van der Waals surface area (Å²) in [7, 11) is 1.56. The van der Waals surface area contributed by atoms with Gasteiger partial charge in [0.1, 0.15) is 12.0 Å². The monoisotopic (exact) mass is 350 g/mol. The molecule has 0 radical (unpaired) electrons. The van der Waals surface area contributed by atoms with Crippen LogP contribution in [0, 0.1) is 13.8 Å². The second kappa shape index (κ2) is 7.87. The largest absolute Gasteiger partial charge is 0.496 e. The number of benzene rings is 2. The van der Waals surface area contributed by atoms with Crippen molar-refractivity contribution in [2.75, 3.05) is 13.7 Å². The molecule has 0 bridgehead atoms. The van der Waals surface area contributed by atoms with Gasteiger partial charge in [0.05, 0.1) is 18.4 Å². The number of hydrogen-bond acceptors (Lipinski definition) is 4. The minimum Gasteiger partial charge on any atom is -0.496 e. The molecule has 0 aliphatic heterocycles. The summed E-state index contributed by atoms with van der Waals surface area (Å²) in [6.45, 7) is 4.45. The predicted molar refractivity (Wildman–Crippen MR) is 100 cm³/mol. The maximum absolute atomic E-state index is 12.4. The van der Waals surface area contributed by atoms with Crippen LogP contribution in [-0.4, -0.2) is 24.5 Å². The summed E-state index contributed by atoms with van der Waals surface area (Å²) in [5, 5.41) is 2.91. The molecule has 0 aliphatic carbocycles. The van der Waals surface area contributed by atoms with Crippen molar-refractivity contribution >= 4 is 5.91 Å². The molecule has 0 aliphatic rings. The van der Waals surface area contributed by atoms with Crippen LogP contribution in [0.1, 0.15) is 27.2 Å². The van der Waals surface area contributed by atoms with Crippen molar-refractivity contribution < 1.29 is 13.9 Å². The summed E-state index contributed by atoms with van der Waals surface area (Å²) in [6.07, 6.45) is 2.23. The highest BCUT2D eigenvalue weighted by Crippen LogP contribution is 2.20. The average molecular weight is 350 g/mol. The van der Waals surface area contributed by atoms with E-state index < -0.39 is 0 Å². The molecule has 134 valence electrons. The maximum atomic E-state index is 12.4. The number of carbonyl (C=O) groups excluding carboxylic acids is 1. The second-order valence-electron chi connectivity index (χ2n) is 6.22. The SMILES string of the molecule is COc1ccc(C)cc1C(=O)NCCc1coc(-c2ccc(C)cc2)n1. The van der Waals surface area contributed by atoms with Crippen LogP contribution in [0.15, 0.2) is 53.1 Å². The highest BCUT2D eigenvalue weighted by Gasteiger charge is 2.12. The van der Waals surface area contributed by atoms with Gasteiger partial charge in [0.25, 0.3) is 5.91 Å². The second-order valence-corrected chi connectivity index (χ2v) is 6.22. The lowest BCUT2D eigenvalue weighted by molar-refractivity contribution is 0.0951. The fraction of sp³-hybridized carbons (Fsp3) is 0.238. The molecule has 0 unspecified atom stereocenters. The Kier molecular flexibility index (Phi) is 5.37. The summed E-state index contributed by atoms with van der Waals surface area (Å²) in [5.41, 5.74) is 4.48. The fourth-order valence-electron chi connectivity index (χ4n) is 2.65. The Morgan fingerprint density at radius 1 is 1.12 bits per heavy atom. The molecule has 0 saturated heterocycles. The van der Waals surface area contributed by atoms with Crippen molar-refractivity contribution in [3.63, 3.8) is 0 Å². The summed E-state index contributed by atoms with van der Waals surface area (Å²) in [6, 6.07) is 13.5. The first-order valence-electron chi connectivity index (χ1n) is 8.51. The first kappa shape index (κ1) is 17.7. The first-order valence-corrected chi connectivity index (χ1v) is 8.51. The summed E-state index contributed by atoms with van der Waals surface area (Å²) >= 11 is 0. The molecule has 5 nitrogen and oxygen atoms in total. The Morgan fingerprint density at radius 2 is 1.85 bits per heavy atom. The van der Waals surface area contributed by atoms with Gasteiger partial charge in [-0.15, -0.1) is 0 Å². The molecule has 0 saturated carbocycles. The molecule has 26 heavy (non-hydrogen) atoms. The lowest BCUT2D eigenvalue weighted by Gasteiger charge is -2.09. The van der Waals surface area contributed by atoms with E-state index in [4.69, 9.17) is 9.15 Å². The van der Waals surface area contributed by atoms with Crippen LogP contribution in [0.25, 0.3) is 11.5 Å². The number of amides is 1. The molecule has 3 aromatic rings. The van der Waals surface area contributed by atoms with E-state index in [2.05, 4.69) is 10.3 Å². The van der Waals surface area contributed by atoms with Gasteiger partial charge in [-0.05, 0) is 38.1 Å². The van der Waals surface area contributed by atoms with Gasteiger partial charge < -0.3 is 14.5 Å². The van der Waals surface area contributed by atoms with Crippen LogP contribution in [0.2, 0.25) is 0 Å². The molecule has 1 aromatic heterocycles. The number of oxazole rings is 1. The third-order valence-corrected chi connectivity index (χ3v) is 4.12. The van der Waals surface area contributed by atoms with E-state index in [0.717, 1.165) is 16.8 Å². The van der Waals surface area contributed by atoms with Crippen LogP contribution in [0.5, 0.6) is 5.75 Å². The minimum absolute atomic E-state index is 0.159. The van der Waals surface area contributed by atoms with Gasteiger partial charge in [0.15, 0.2) is 0 Å². The van der Waals surface area contributed by atoms with Gasteiger partial charge in [0.2, 0.25) is 5.89 Å². The number of aryl methyl sites for hydroxylation is 2. The summed E-state index contributed by atoms with van der Waals surface area (Å²) in [5.74, 6) is 0.996. The number of ether oxygens (including phenoxy) is 1. The van der Waals surface area contributed by atoms with E-state index >= 15 is 0 Å². The number of carbonyl (C=O) groups is 1. The van der Waals surface area contributed by atoms with E-state index in [1.165, 1.54) is 5.56 Å². The Morgan fingerprint density at radius 3 is 2.58 bits per heavy atom. The van der Waals surface area contributed by atoms with Crippen LogP contribution in [0.3, 0.4) is 0 Å². The number of nitrogens with zero attached hydrogens (tertiary/aromatic N) is 1. The molecular weight excluding hydrogens is 328 g/mol. The molecule has 3 rings (SSSR count). The summed E-state index contributed by atoms with van der Waals surface area (Å²) < 4.78 is 10.8. The molecule has 5 heteroatoms. The number of aromatic nitrogens is 1. The molecule has 2 aromatic carbocycles. The van der Waals surface area contributed by atoms with Crippen molar-refractivity contribution in [2.45, 2.75) is 20.3 Å². The normalized spacial score (nSPS) is 10.6. The lowest BCUT2D eigenvalue weighted by atomic mass is 10.1. The zero-order valence-electron chi connectivity index (χ0n) is 15.2. The molecule has 1 N–H and O–H groups in total. The fourth-order valence-corrected chi connectivity index (χ4v) is 2.65. The smallest absolute Gasteiger partial charge is 0.255 e. The Hall–Kier alpha value is -3.08. The van der Waals surface area contributed by atoms with Gasteiger partial charge in [-0.1, -0.05) is 29.3 Å². The third kappa shape index (κ3) is 4.11. The highest BCUT2D eigenvalue weighted by atomic mass is 16.5. The molecule has 0 atom stereocenters. The van der Waals surface area contributed by atoms with Crippen molar-refractivity contribution in [1.29, 1.82) is 0 Å². The van der Waals surface area contributed by atoms with E-state index in [9.17, 15) is 4.79 Å². The number of hydrogen-bond donors (Lipinski definition) is 1. The van der Waals surface area contributed by atoms with Crippen LogP contribution in [-0.2, 0) is 6.42 Å². The van der Waals surface area contributed by atoms with Gasteiger partial charge in [-0.25, -0.2) is 4.98 Å². The Balaban J connectivity index is 1.59. The molecule has 0 spiro atoms. The minimum atomic E-state index is -0.159. The Labute approximate surface area is 153 Å². The lowest BCUT2D eigenvalue weighted by Crippen LogP contribution is -2.26. The molecule has 0 fully saturated rings. The molecule has 1 heterocycles. The molecular formula is C21H22N2O3. The average Bonchev–Trinajstić information content (AvgIpc) is 3.11. The van der Waals surface area contributed by atoms with Gasteiger partial charge in [-0.3, -0.25) is 4.79 Å². The van der Waals surface area contributed by atoms with Crippen molar-refractivity contribution in [2.24, 2.45) is 0 Å². The third-order valence-electron chi connectivity index (χ3n) is 4.12. The highest BCUT2D eigenvalue weighted by molar-refractivity contribution is 5.97. The molecule has 1 amide bonds. The predicted octanol–water partition coefficient (Wildman–Crippen LogP) is 3.94. The number of nitrogens with one attached hydrogen (secondary N) is 1. The topological polar surface area (TPSA) is 64.4 Å². The van der Waals surface area contributed by atoms with Crippen molar-refractivity contribution in [3.8, 4) is 17.2 Å². The summed E-state index contributed by atoms with van der Waals surface area (Å²) in [4.78, 5) is 16.9. The van der Waals surface area contributed by atoms with Crippen LogP contribution in [0.4, 0.5) is 0 Å². The Bertz CT molecular complexity index is 898. The van der Waals surface area contributed by atoms with Crippen molar-refractivity contribution in [3.05, 3.63) is 71.1 Å². The number of rotatable bonds is 6. The van der Waals surface area contributed by atoms with E-state index in [1.807, 2.05) is 50.2 Å². The van der Waals surface area contributed by atoms with Crippen LogP contribution >= 0.6 is 0 Å². The maximum Gasteiger partial charge on any atom is 0.255 e. The van der Waals surface area contributed by atoms with Gasteiger partial charge >= 0.3 is 0 Å². The van der Waals surface area contributed by atoms with Gasteiger partial charge in [0, 0.05) is 18.5 Å². The van der Waals surface area contributed by atoms with Gasteiger partial charge in [-0.2, -0.15) is 0 Å². The zero-order valence-corrected chi connectivity index (χ0v) is 15.2.